The summed E-state index contributed by atoms with van der Waals surface area (Å²) in [6.45, 7) is 2.13. The minimum Gasteiger partial charge on any atom is -0.490 e. The number of hydrogen-bond donors (Lipinski definition) is 2. The van der Waals surface area contributed by atoms with Crippen molar-refractivity contribution in [1.29, 1.82) is 0 Å². The predicted molar refractivity (Wildman–Crippen MR) is 117 cm³/mol. The number of carbonyl (C=O) groups excluding carboxylic acids is 2. The van der Waals surface area contributed by atoms with Gasteiger partial charge in [0.1, 0.15) is 12.4 Å². The summed E-state index contributed by atoms with van der Waals surface area (Å²) >= 11 is 3.42. The Bertz CT molecular complexity index is 884. The van der Waals surface area contributed by atoms with E-state index in [0.29, 0.717) is 46.8 Å². The van der Waals surface area contributed by atoms with E-state index >= 15 is 0 Å². The van der Waals surface area contributed by atoms with Crippen molar-refractivity contribution >= 4 is 33.4 Å². The molecule has 1 fully saturated rings. The van der Waals surface area contributed by atoms with Gasteiger partial charge in [0.05, 0.1) is 17.2 Å². The summed E-state index contributed by atoms with van der Waals surface area (Å²) in [5.41, 5.74) is 1.49. The Kier molecular flexibility index (Phi) is 8.24. The van der Waals surface area contributed by atoms with Crippen LogP contribution in [0, 0.1) is 0 Å². The highest BCUT2D eigenvalue weighted by molar-refractivity contribution is 9.10. The van der Waals surface area contributed by atoms with Gasteiger partial charge in [-0.3, -0.25) is 9.59 Å². The largest absolute Gasteiger partial charge is 0.490 e. The Hall–Kier alpha value is -2.42. The van der Waals surface area contributed by atoms with Crippen molar-refractivity contribution in [3.8, 4) is 5.75 Å². The molecule has 2 N–H and O–H groups in total. The van der Waals surface area contributed by atoms with E-state index in [0.717, 1.165) is 19.4 Å². The average molecular weight is 477 g/mol. The number of benzene rings is 2. The molecule has 1 heterocycles. The lowest BCUT2D eigenvalue weighted by atomic mass is 10.1. The van der Waals surface area contributed by atoms with E-state index in [4.69, 9.17) is 14.2 Å². The minimum absolute atomic E-state index is 0.0803. The molecule has 1 atom stereocenters. The van der Waals surface area contributed by atoms with Crippen molar-refractivity contribution in [2.24, 2.45) is 0 Å². The first-order chi connectivity index (χ1) is 14.6. The van der Waals surface area contributed by atoms with E-state index in [2.05, 4.69) is 26.6 Å². The molecule has 1 saturated heterocycles. The fourth-order valence-electron chi connectivity index (χ4n) is 3.05. The number of carbonyl (C=O) groups is 2. The molecular formula is C22H25BrN2O5. The van der Waals surface area contributed by atoms with Crippen LogP contribution in [0.1, 0.15) is 33.6 Å². The van der Waals surface area contributed by atoms with Gasteiger partial charge in [0.2, 0.25) is 0 Å². The average Bonchev–Trinajstić information content (AvgIpc) is 3.27. The molecule has 30 heavy (non-hydrogen) atoms. The second-order valence-corrected chi connectivity index (χ2v) is 7.72. The molecule has 2 aromatic rings. The van der Waals surface area contributed by atoms with Crippen molar-refractivity contribution in [2.45, 2.75) is 18.9 Å². The van der Waals surface area contributed by atoms with Gasteiger partial charge in [0.15, 0.2) is 0 Å². The predicted octanol–water partition coefficient (Wildman–Crippen LogP) is 3.64. The van der Waals surface area contributed by atoms with Crippen LogP contribution in [0.2, 0.25) is 0 Å². The van der Waals surface area contributed by atoms with Gasteiger partial charge in [-0.05, 0) is 65.2 Å². The Balaban J connectivity index is 1.59. The minimum atomic E-state index is -0.281. The van der Waals surface area contributed by atoms with E-state index in [9.17, 15) is 9.59 Å². The highest BCUT2D eigenvalue weighted by Crippen LogP contribution is 2.26. The molecule has 1 unspecified atom stereocenters. The fraction of sp³-hybridized carbons (Fsp3) is 0.364. The van der Waals surface area contributed by atoms with E-state index in [1.807, 2.05) is 0 Å². The Morgan fingerprint density at radius 2 is 1.97 bits per heavy atom. The number of rotatable bonds is 9. The standard InChI is InChI=1S/C22H25BrN2O5/c1-28-10-11-30-20-8-7-16(13-19(20)23)22(27)25-17-5-2-4-15(12-17)21(26)24-14-18-6-3-9-29-18/h2,4-5,7-8,12-13,18H,3,6,9-11,14H2,1H3,(H,24,26)(H,25,27). The molecule has 1 aliphatic heterocycles. The molecule has 7 nitrogen and oxygen atoms in total. The van der Waals surface area contributed by atoms with Crippen LogP contribution in [0.15, 0.2) is 46.9 Å². The zero-order chi connectivity index (χ0) is 21.3. The molecule has 2 aromatic carbocycles. The van der Waals surface area contributed by atoms with Crippen LogP contribution >= 0.6 is 15.9 Å². The van der Waals surface area contributed by atoms with Gasteiger partial charge in [0, 0.05) is 37.1 Å². The monoisotopic (exact) mass is 476 g/mol. The molecule has 0 bridgehead atoms. The number of ether oxygens (including phenoxy) is 3. The molecule has 3 rings (SSSR count). The van der Waals surface area contributed by atoms with Gasteiger partial charge in [-0.25, -0.2) is 0 Å². The Morgan fingerprint density at radius 1 is 1.13 bits per heavy atom. The van der Waals surface area contributed by atoms with Crippen molar-refractivity contribution in [2.75, 3.05) is 38.8 Å². The molecular weight excluding hydrogens is 452 g/mol. The topological polar surface area (TPSA) is 85.9 Å². The maximum absolute atomic E-state index is 12.6. The van der Waals surface area contributed by atoms with E-state index in [1.165, 1.54) is 0 Å². The molecule has 0 aromatic heterocycles. The van der Waals surface area contributed by atoms with Gasteiger partial charge in [-0.2, -0.15) is 0 Å². The normalized spacial score (nSPS) is 15.6. The lowest BCUT2D eigenvalue weighted by Gasteiger charge is -2.12. The van der Waals surface area contributed by atoms with Crippen molar-refractivity contribution in [3.05, 3.63) is 58.1 Å². The van der Waals surface area contributed by atoms with Crippen LogP contribution in [0.4, 0.5) is 5.69 Å². The molecule has 2 amide bonds. The van der Waals surface area contributed by atoms with Gasteiger partial charge >= 0.3 is 0 Å². The number of anilines is 1. The molecule has 1 aliphatic rings. The second-order valence-electron chi connectivity index (χ2n) is 6.87. The maximum atomic E-state index is 12.6. The summed E-state index contributed by atoms with van der Waals surface area (Å²) in [6, 6.07) is 11.9. The number of halogens is 1. The Morgan fingerprint density at radius 3 is 2.70 bits per heavy atom. The number of methoxy groups -OCH3 is 1. The smallest absolute Gasteiger partial charge is 0.255 e. The van der Waals surface area contributed by atoms with Gasteiger partial charge in [-0.1, -0.05) is 6.07 Å². The van der Waals surface area contributed by atoms with Crippen LogP contribution in [0.25, 0.3) is 0 Å². The van der Waals surface area contributed by atoms with Crippen molar-refractivity contribution < 1.29 is 23.8 Å². The molecule has 0 radical (unpaired) electrons. The SMILES string of the molecule is COCCOc1ccc(C(=O)Nc2cccc(C(=O)NCC3CCCO3)c2)cc1Br. The first-order valence-corrected chi connectivity index (χ1v) is 10.6. The molecule has 0 saturated carbocycles. The Labute approximate surface area is 184 Å². The lowest BCUT2D eigenvalue weighted by Crippen LogP contribution is -2.31. The molecule has 0 aliphatic carbocycles. The van der Waals surface area contributed by atoms with E-state index in [-0.39, 0.29) is 17.9 Å². The summed E-state index contributed by atoms with van der Waals surface area (Å²) in [5.74, 6) is 0.159. The summed E-state index contributed by atoms with van der Waals surface area (Å²) in [5, 5.41) is 5.71. The second kappa shape index (κ2) is 11.1. The van der Waals surface area contributed by atoms with Crippen LogP contribution in [0.5, 0.6) is 5.75 Å². The lowest BCUT2D eigenvalue weighted by molar-refractivity contribution is 0.0857. The molecule has 160 valence electrons. The summed E-state index contributed by atoms with van der Waals surface area (Å²) < 4.78 is 16.7. The van der Waals surface area contributed by atoms with Gasteiger partial charge in [-0.15, -0.1) is 0 Å². The van der Waals surface area contributed by atoms with Gasteiger partial charge in [0.25, 0.3) is 11.8 Å². The zero-order valence-corrected chi connectivity index (χ0v) is 18.4. The first-order valence-electron chi connectivity index (χ1n) is 9.79. The van der Waals surface area contributed by atoms with Crippen LogP contribution in [-0.2, 0) is 9.47 Å². The van der Waals surface area contributed by atoms with Crippen LogP contribution < -0.4 is 15.4 Å². The zero-order valence-electron chi connectivity index (χ0n) is 16.8. The number of amides is 2. The van der Waals surface area contributed by atoms with Gasteiger partial charge < -0.3 is 24.8 Å². The summed E-state index contributed by atoms with van der Waals surface area (Å²) in [7, 11) is 1.61. The number of hydrogen-bond acceptors (Lipinski definition) is 5. The van der Waals surface area contributed by atoms with Crippen LogP contribution in [0.3, 0.4) is 0 Å². The highest BCUT2D eigenvalue weighted by atomic mass is 79.9. The first kappa shape index (κ1) is 22.3. The van der Waals surface area contributed by atoms with Crippen molar-refractivity contribution in [1.82, 2.24) is 5.32 Å². The third kappa shape index (κ3) is 6.29. The summed E-state index contributed by atoms with van der Waals surface area (Å²) in [4.78, 5) is 25.0. The maximum Gasteiger partial charge on any atom is 0.255 e. The summed E-state index contributed by atoms with van der Waals surface area (Å²) in [6.07, 6.45) is 2.07. The number of nitrogens with one attached hydrogen (secondary N) is 2. The highest BCUT2D eigenvalue weighted by Gasteiger charge is 2.17. The van der Waals surface area contributed by atoms with E-state index < -0.39 is 0 Å². The third-order valence-electron chi connectivity index (χ3n) is 4.64. The van der Waals surface area contributed by atoms with Crippen molar-refractivity contribution in [3.63, 3.8) is 0 Å². The molecule has 0 spiro atoms. The molecule has 8 heteroatoms. The van der Waals surface area contributed by atoms with E-state index in [1.54, 1.807) is 49.6 Å². The van der Waals surface area contributed by atoms with Crippen LogP contribution in [-0.4, -0.2) is 51.4 Å². The third-order valence-corrected chi connectivity index (χ3v) is 5.26. The quantitative estimate of drug-likeness (QED) is 0.539. The fourth-order valence-corrected chi connectivity index (χ4v) is 3.54.